The van der Waals surface area contributed by atoms with E-state index in [9.17, 15) is 4.79 Å². The van der Waals surface area contributed by atoms with Gasteiger partial charge in [0.1, 0.15) is 12.2 Å². The molecule has 0 radical (unpaired) electrons. The van der Waals surface area contributed by atoms with Gasteiger partial charge < -0.3 is 20.5 Å². The second-order valence-corrected chi connectivity index (χ2v) is 6.18. The zero-order valence-corrected chi connectivity index (χ0v) is 19.2. The lowest BCUT2D eigenvalue weighted by molar-refractivity contribution is 0.0955. The molecular weight excluding hydrogens is 493 g/mol. The van der Waals surface area contributed by atoms with Crippen molar-refractivity contribution >= 4 is 47.4 Å². The SMILES string of the molecule is CCNC(=NCCNC(=O)c1ccc(Cl)cc1)NCCn1cnnc1CC.I. The first-order valence-electron chi connectivity index (χ1n) is 9.06. The Morgan fingerprint density at radius 3 is 2.57 bits per heavy atom. The van der Waals surface area contributed by atoms with E-state index in [0.29, 0.717) is 36.2 Å². The molecule has 8 nitrogen and oxygen atoms in total. The molecule has 0 aliphatic rings. The van der Waals surface area contributed by atoms with Crippen LogP contribution in [0, 0.1) is 0 Å². The van der Waals surface area contributed by atoms with Gasteiger partial charge in [-0.05, 0) is 31.2 Å². The van der Waals surface area contributed by atoms with E-state index in [1.165, 1.54) is 0 Å². The summed E-state index contributed by atoms with van der Waals surface area (Å²) >= 11 is 5.83. The van der Waals surface area contributed by atoms with Crippen LogP contribution in [0.3, 0.4) is 0 Å². The predicted octanol–water partition coefficient (Wildman–Crippen LogP) is 2.10. The van der Waals surface area contributed by atoms with Gasteiger partial charge in [-0.1, -0.05) is 18.5 Å². The maximum Gasteiger partial charge on any atom is 0.251 e. The molecular formula is C18H27ClIN7O. The molecule has 0 aliphatic heterocycles. The van der Waals surface area contributed by atoms with Crippen molar-refractivity contribution in [2.24, 2.45) is 4.99 Å². The third-order valence-corrected chi connectivity index (χ3v) is 4.03. The summed E-state index contributed by atoms with van der Waals surface area (Å²) in [5.41, 5.74) is 0.578. The molecule has 1 aromatic heterocycles. The first-order chi connectivity index (χ1) is 13.1. The number of benzene rings is 1. The molecule has 0 bridgehead atoms. The van der Waals surface area contributed by atoms with Gasteiger partial charge in [0.05, 0.1) is 6.54 Å². The van der Waals surface area contributed by atoms with Gasteiger partial charge in [0.2, 0.25) is 0 Å². The van der Waals surface area contributed by atoms with Crippen LogP contribution in [0.2, 0.25) is 5.02 Å². The number of halogens is 2. The maximum absolute atomic E-state index is 12.0. The number of aryl methyl sites for hydroxylation is 1. The van der Waals surface area contributed by atoms with Gasteiger partial charge in [0.25, 0.3) is 5.91 Å². The fourth-order valence-corrected chi connectivity index (χ4v) is 2.54. The van der Waals surface area contributed by atoms with Gasteiger partial charge in [0, 0.05) is 43.2 Å². The Morgan fingerprint density at radius 1 is 1.14 bits per heavy atom. The van der Waals surface area contributed by atoms with Gasteiger partial charge in [0.15, 0.2) is 5.96 Å². The van der Waals surface area contributed by atoms with Crippen LogP contribution in [0.25, 0.3) is 0 Å². The number of rotatable bonds is 9. The average Bonchev–Trinajstić information content (AvgIpc) is 3.13. The number of amides is 1. The summed E-state index contributed by atoms with van der Waals surface area (Å²) in [7, 11) is 0. The Bertz CT molecular complexity index is 749. The van der Waals surface area contributed by atoms with E-state index in [-0.39, 0.29) is 29.9 Å². The average molecular weight is 520 g/mol. The van der Waals surface area contributed by atoms with Gasteiger partial charge in [-0.15, -0.1) is 34.2 Å². The Morgan fingerprint density at radius 2 is 1.89 bits per heavy atom. The molecule has 0 saturated carbocycles. The van der Waals surface area contributed by atoms with Crippen molar-refractivity contribution in [2.75, 3.05) is 26.2 Å². The Hall–Kier alpha value is -1.88. The van der Waals surface area contributed by atoms with Crippen LogP contribution >= 0.6 is 35.6 Å². The number of nitrogens with zero attached hydrogens (tertiary/aromatic N) is 4. The van der Waals surface area contributed by atoms with Crippen molar-refractivity contribution in [3.8, 4) is 0 Å². The smallest absolute Gasteiger partial charge is 0.251 e. The van der Waals surface area contributed by atoms with Crippen LogP contribution in [-0.4, -0.2) is 52.8 Å². The first kappa shape index (κ1) is 24.2. The number of guanidine groups is 1. The number of aliphatic imine (C=N–C) groups is 1. The van der Waals surface area contributed by atoms with Gasteiger partial charge in [-0.2, -0.15) is 0 Å². The predicted molar refractivity (Wildman–Crippen MR) is 123 cm³/mol. The molecule has 0 atom stereocenters. The molecule has 154 valence electrons. The monoisotopic (exact) mass is 519 g/mol. The van der Waals surface area contributed by atoms with Gasteiger partial charge >= 0.3 is 0 Å². The molecule has 28 heavy (non-hydrogen) atoms. The minimum atomic E-state index is -0.139. The standard InChI is InChI=1S/C18H26ClN7O.HI/c1-3-16-25-24-13-26(16)12-11-23-18(20-4-2)22-10-9-21-17(27)14-5-7-15(19)8-6-14;/h5-8,13H,3-4,9-12H2,1-2H3,(H,21,27)(H2,20,22,23);1H. The van der Waals surface area contributed by atoms with Crippen LogP contribution in [0.5, 0.6) is 0 Å². The summed E-state index contributed by atoms with van der Waals surface area (Å²) in [5, 5.41) is 17.9. The second kappa shape index (κ2) is 13.3. The molecule has 1 aromatic carbocycles. The van der Waals surface area contributed by atoms with Crippen molar-refractivity contribution in [3.63, 3.8) is 0 Å². The molecule has 0 unspecified atom stereocenters. The molecule has 1 heterocycles. The fraction of sp³-hybridized carbons (Fsp3) is 0.444. The van der Waals surface area contributed by atoms with Crippen molar-refractivity contribution < 1.29 is 4.79 Å². The minimum Gasteiger partial charge on any atom is -0.357 e. The topological polar surface area (TPSA) is 96.2 Å². The molecule has 0 saturated heterocycles. The van der Waals surface area contributed by atoms with E-state index in [0.717, 1.165) is 25.3 Å². The molecule has 10 heteroatoms. The normalized spacial score (nSPS) is 10.9. The third kappa shape index (κ3) is 8.01. The fourth-order valence-electron chi connectivity index (χ4n) is 2.42. The molecule has 2 rings (SSSR count). The number of aromatic nitrogens is 3. The number of carbonyl (C=O) groups excluding carboxylic acids is 1. The summed E-state index contributed by atoms with van der Waals surface area (Å²) in [5.74, 6) is 1.53. The van der Waals surface area contributed by atoms with Crippen LogP contribution < -0.4 is 16.0 Å². The molecule has 0 aliphatic carbocycles. The molecule has 0 fully saturated rings. The van der Waals surface area contributed by atoms with E-state index in [1.54, 1.807) is 30.6 Å². The van der Waals surface area contributed by atoms with Crippen molar-refractivity contribution in [2.45, 2.75) is 26.8 Å². The van der Waals surface area contributed by atoms with Crippen molar-refractivity contribution in [1.29, 1.82) is 0 Å². The molecule has 2 aromatic rings. The highest BCUT2D eigenvalue weighted by Crippen LogP contribution is 2.09. The lowest BCUT2D eigenvalue weighted by Crippen LogP contribution is -2.39. The van der Waals surface area contributed by atoms with Crippen molar-refractivity contribution in [3.05, 3.63) is 47.0 Å². The highest BCUT2D eigenvalue weighted by molar-refractivity contribution is 14.0. The van der Waals surface area contributed by atoms with Crippen LogP contribution in [0.4, 0.5) is 0 Å². The van der Waals surface area contributed by atoms with E-state index in [4.69, 9.17) is 11.6 Å². The van der Waals surface area contributed by atoms with E-state index >= 15 is 0 Å². The lowest BCUT2D eigenvalue weighted by atomic mass is 10.2. The van der Waals surface area contributed by atoms with E-state index in [1.807, 2.05) is 11.5 Å². The molecule has 1 amide bonds. The summed E-state index contributed by atoms with van der Waals surface area (Å²) in [6, 6.07) is 6.78. The van der Waals surface area contributed by atoms with Crippen molar-refractivity contribution in [1.82, 2.24) is 30.7 Å². The first-order valence-corrected chi connectivity index (χ1v) is 9.44. The van der Waals surface area contributed by atoms with E-state index in [2.05, 4.69) is 38.1 Å². The largest absolute Gasteiger partial charge is 0.357 e. The minimum absolute atomic E-state index is 0. The van der Waals surface area contributed by atoms with E-state index < -0.39 is 0 Å². The number of nitrogens with one attached hydrogen (secondary N) is 3. The summed E-state index contributed by atoms with van der Waals surface area (Å²) in [6.45, 7) is 7.20. The summed E-state index contributed by atoms with van der Waals surface area (Å²) < 4.78 is 2.02. The Kier molecular flexibility index (Phi) is 11.5. The molecule has 0 spiro atoms. The summed E-state index contributed by atoms with van der Waals surface area (Å²) in [6.07, 6.45) is 2.58. The van der Waals surface area contributed by atoms with Crippen LogP contribution in [-0.2, 0) is 13.0 Å². The van der Waals surface area contributed by atoms with Gasteiger partial charge in [-0.3, -0.25) is 9.79 Å². The highest BCUT2D eigenvalue weighted by atomic mass is 127. The Labute approximate surface area is 187 Å². The quantitative estimate of drug-likeness (QED) is 0.204. The van der Waals surface area contributed by atoms with Crippen LogP contribution in [0.1, 0.15) is 30.0 Å². The zero-order valence-electron chi connectivity index (χ0n) is 16.1. The lowest BCUT2D eigenvalue weighted by Gasteiger charge is -2.12. The Balaban J connectivity index is 0.00000392. The second-order valence-electron chi connectivity index (χ2n) is 5.74. The number of hydrogen-bond donors (Lipinski definition) is 3. The van der Waals surface area contributed by atoms with Gasteiger partial charge in [-0.25, -0.2) is 0 Å². The maximum atomic E-state index is 12.0. The molecule has 3 N–H and O–H groups in total. The summed E-state index contributed by atoms with van der Waals surface area (Å²) in [4.78, 5) is 16.5. The zero-order chi connectivity index (χ0) is 19.5. The number of hydrogen-bond acceptors (Lipinski definition) is 4. The van der Waals surface area contributed by atoms with Crippen LogP contribution in [0.15, 0.2) is 35.6 Å². The number of carbonyl (C=O) groups is 1. The highest BCUT2D eigenvalue weighted by Gasteiger charge is 2.05. The third-order valence-electron chi connectivity index (χ3n) is 3.78.